The number of anilines is 1. The molecule has 0 fully saturated rings. The van der Waals surface area contributed by atoms with E-state index in [1.54, 1.807) is 18.5 Å². The molecule has 0 aliphatic heterocycles. The van der Waals surface area contributed by atoms with Gasteiger partial charge in [0, 0.05) is 12.2 Å². The second-order valence-electron chi connectivity index (χ2n) is 4.32. The number of nitrogens with zero attached hydrogens (tertiary/aromatic N) is 1. The highest BCUT2D eigenvalue weighted by atomic mass is 35.5. The van der Waals surface area contributed by atoms with E-state index in [9.17, 15) is 0 Å². The van der Waals surface area contributed by atoms with Gasteiger partial charge in [-0.15, -0.1) is 0 Å². The van der Waals surface area contributed by atoms with Gasteiger partial charge in [0.15, 0.2) is 0 Å². The van der Waals surface area contributed by atoms with Gasteiger partial charge in [0.05, 0.1) is 16.9 Å². The minimum atomic E-state index is 0.206. The molecule has 0 amide bonds. The lowest BCUT2D eigenvalue weighted by atomic mass is 10.0. The van der Waals surface area contributed by atoms with Crippen LogP contribution in [0.2, 0.25) is 5.02 Å². The van der Waals surface area contributed by atoms with E-state index in [0.717, 1.165) is 12.1 Å². The Morgan fingerprint density at radius 3 is 2.56 bits per heavy atom. The molecule has 0 saturated heterocycles. The Bertz CT molecular complexity index is 508. The SMILES string of the molecule is CCc1ccc(C(C)Nc2cnccc2Cl)cc1. The molecule has 1 unspecified atom stereocenters. The molecule has 3 heteroatoms. The molecule has 0 bridgehead atoms. The normalized spacial score (nSPS) is 12.2. The lowest BCUT2D eigenvalue weighted by Crippen LogP contribution is -2.07. The maximum Gasteiger partial charge on any atom is 0.0720 e. The van der Waals surface area contributed by atoms with Crippen molar-refractivity contribution < 1.29 is 0 Å². The summed E-state index contributed by atoms with van der Waals surface area (Å²) in [7, 11) is 0. The first kappa shape index (κ1) is 12.9. The fraction of sp³-hybridized carbons (Fsp3) is 0.267. The summed E-state index contributed by atoms with van der Waals surface area (Å²) in [6, 6.07) is 10.6. The Balaban J connectivity index is 2.11. The number of rotatable bonds is 4. The molecule has 1 N–H and O–H groups in total. The summed E-state index contributed by atoms with van der Waals surface area (Å²) in [5.41, 5.74) is 3.46. The highest BCUT2D eigenvalue weighted by Crippen LogP contribution is 2.25. The van der Waals surface area contributed by atoms with E-state index in [1.807, 2.05) is 0 Å². The quantitative estimate of drug-likeness (QED) is 0.877. The lowest BCUT2D eigenvalue weighted by Gasteiger charge is -2.16. The van der Waals surface area contributed by atoms with Crippen molar-refractivity contribution in [3.63, 3.8) is 0 Å². The van der Waals surface area contributed by atoms with E-state index < -0.39 is 0 Å². The van der Waals surface area contributed by atoms with Crippen molar-refractivity contribution in [2.75, 3.05) is 5.32 Å². The largest absolute Gasteiger partial charge is 0.376 e. The van der Waals surface area contributed by atoms with E-state index in [-0.39, 0.29) is 6.04 Å². The molecule has 0 spiro atoms. The number of hydrogen-bond acceptors (Lipinski definition) is 2. The van der Waals surface area contributed by atoms with E-state index in [2.05, 4.69) is 48.4 Å². The van der Waals surface area contributed by atoms with Gasteiger partial charge in [-0.2, -0.15) is 0 Å². The van der Waals surface area contributed by atoms with Crippen molar-refractivity contribution in [3.05, 3.63) is 58.9 Å². The molecule has 1 aromatic carbocycles. The first-order valence-electron chi connectivity index (χ1n) is 6.15. The van der Waals surface area contributed by atoms with Gasteiger partial charge in [0.25, 0.3) is 0 Å². The minimum Gasteiger partial charge on any atom is -0.376 e. The fourth-order valence-corrected chi connectivity index (χ4v) is 2.00. The van der Waals surface area contributed by atoms with Crippen LogP contribution in [0.5, 0.6) is 0 Å². The van der Waals surface area contributed by atoms with Crippen LogP contribution in [-0.2, 0) is 6.42 Å². The predicted molar refractivity (Wildman–Crippen MR) is 77.1 cm³/mol. The summed E-state index contributed by atoms with van der Waals surface area (Å²) in [6.07, 6.45) is 4.50. The van der Waals surface area contributed by atoms with E-state index in [0.29, 0.717) is 5.02 Å². The second kappa shape index (κ2) is 5.87. The molecule has 94 valence electrons. The van der Waals surface area contributed by atoms with Gasteiger partial charge in [-0.1, -0.05) is 42.8 Å². The van der Waals surface area contributed by atoms with Crippen LogP contribution in [0.25, 0.3) is 0 Å². The molecule has 0 radical (unpaired) electrons. The summed E-state index contributed by atoms with van der Waals surface area (Å²) < 4.78 is 0. The van der Waals surface area contributed by atoms with Crippen LogP contribution in [0, 0.1) is 0 Å². The number of pyridine rings is 1. The predicted octanol–water partition coefficient (Wildman–Crippen LogP) is 4.47. The standard InChI is InChI=1S/C15H17ClN2/c1-3-12-4-6-13(7-5-12)11(2)18-15-10-17-9-8-14(15)16/h4-11,18H,3H2,1-2H3. The molecule has 18 heavy (non-hydrogen) atoms. The van der Waals surface area contributed by atoms with E-state index >= 15 is 0 Å². The summed E-state index contributed by atoms with van der Waals surface area (Å²) >= 11 is 6.10. The second-order valence-corrected chi connectivity index (χ2v) is 4.72. The lowest BCUT2D eigenvalue weighted by molar-refractivity contribution is 0.881. The number of nitrogens with one attached hydrogen (secondary N) is 1. The van der Waals surface area contributed by atoms with Gasteiger partial charge in [-0.05, 0) is 30.5 Å². The van der Waals surface area contributed by atoms with Crippen molar-refractivity contribution in [3.8, 4) is 0 Å². The van der Waals surface area contributed by atoms with Crippen LogP contribution in [0.3, 0.4) is 0 Å². The average Bonchev–Trinajstić information content (AvgIpc) is 2.41. The molecular weight excluding hydrogens is 244 g/mol. The molecule has 0 saturated carbocycles. The van der Waals surface area contributed by atoms with Gasteiger partial charge < -0.3 is 5.32 Å². The first-order valence-corrected chi connectivity index (χ1v) is 6.53. The van der Waals surface area contributed by atoms with E-state index in [1.165, 1.54) is 11.1 Å². The maximum atomic E-state index is 6.10. The zero-order chi connectivity index (χ0) is 13.0. The van der Waals surface area contributed by atoms with Crippen LogP contribution in [0.15, 0.2) is 42.7 Å². The monoisotopic (exact) mass is 260 g/mol. The Labute approximate surface area is 113 Å². The zero-order valence-corrected chi connectivity index (χ0v) is 11.4. The molecule has 2 nitrogen and oxygen atoms in total. The third-order valence-corrected chi connectivity index (χ3v) is 3.36. The Morgan fingerprint density at radius 1 is 1.22 bits per heavy atom. The fourth-order valence-electron chi connectivity index (χ4n) is 1.84. The van der Waals surface area contributed by atoms with Crippen molar-refractivity contribution in [1.29, 1.82) is 0 Å². The average molecular weight is 261 g/mol. The van der Waals surface area contributed by atoms with E-state index in [4.69, 9.17) is 11.6 Å². The first-order chi connectivity index (χ1) is 8.70. The molecule has 0 aliphatic carbocycles. The smallest absolute Gasteiger partial charge is 0.0720 e. The van der Waals surface area contributed by atoms with Gasteiger partial charge in [0.1, 0.15) is 0 Å². The van der Waals surface area contributed by atoms with Crippen molar-refractivity contribution in [1.82, 2.24) is 4.98 Å². The maximum absolute atomic E-state index is 6.10. The Hall–Kier alpha value is -1.54. The molecule has 1 aromatic heterocycles. The van der Waals surface area contributed by atoms with Crippen molar-refractivity contribution >= 4 is 17.3 Å². The summed E-state index contributed by atoms with van der Waals surface area (Å²) in [5.74, 6) is 0. The summed E-state index contributed by atoms with van der Waals surface area (Å²) in [6.45, 7) is 4.27. The van der Waals surface area contributed by atoms with Gasteiger partial charge in [-0.3, -0.25) is 4.98 Å². The highest BCUT2D eigenvalue weighted by molar-refractivity contribution is 6.33. The molecule has 1 heterocycles. The Morgan fingerprint density at radius 2 is 1.94 bits per heavy atom. The number of benzene rings is 1. The Kier molecular flexibility index (Phi) is 4.21. The third-order valence-electron chi connectivity index (χ3n) is 3.03. The summed E-state index contributed by atoms with van der Waals surface area (Å²) in [5, 5.41) is 4.07. The number of halogens is 1. The molecular formula is C15H17ClN2. The van der Waals surface area contributed by atoms with Gasteiger partial charge in [-0.25, -0.2) is 0 Å². The van der Waals surface area contributed by atoms with Gasteiger partial charge in [0.2, 0.25) is 0 Å². The van der Waals surface area contributed by atoms with Crippen LogP contribution in [0.4, 0.5) is 5.69 Å². The van der Waals surface area contributed by atoms with Crippen LogP contribution >= 0.6 is 11.6 Å². The van der Waals surface area contributed by atoms with Crippen molar-refractivity contribution in [2.24, 2.45) is 0 Å². The zero-order valence-electron chi connectivity index (χ0n) is 10.7. The highest BCUT2D eigenvalue weighted by Gasteiger charge is 2.07. The number of aromatic nitrogens is 1. The van der Waals surface area contributed by atoms with Gasteiger partial charge >= 0.3 is 0 Å². The number of aryl methyl sites for hydroxylation is 1. The van der Waals surface area contributed by atoms with Crippen LogP contribution in [-0.4, -0.2) is 4.98 Å². The number of hydrogen-bond donors (Lipinski definition) is 1. The third kappa shape index (κ3) is 3.02. The molecule has 2 aromatic rings. The van der Waals surface area contributed by atoms with Crippen molar-refractivity contribution in [2.45, 2.75) is 26.3 Å². The minimum absolute atomic E-state index is 0.206. The topological polar surface area (TPSA) is 24.9 Å². The van der Waals surface area contributed by atoms with Crippen LogP contribution < -0.4 is 5.32 Å². The summed E-state index contributed by atoms with van der Waals surface area (Å²) in [4.78, 5) is 4.07. The molecule has 1 atom stereocenters. The van der Waals surface area contributed by atoms with Crippen LogP contribution in [0.1, 0.15) is 31.0 Å². The molecule has 0 aliphatic rings. The molecule has 2 rings (SSSR count).